The minimum atomic E-state index is -0.721. The van der Waals surface area contributed by atoms with Crippen molar-refractivity contribution in [3.8, 4) is 0 Å². The number of nitrogens with zero attached hydrogens (tertiary/aromatic N) is 1. The molecule has 0 bridgehead atoms. The van der Waals surface area contributed by atoms with Gasteiger partial charge in [0, 0.05) is 12.2 Å². The Bertz CT molecular complexity index is 428. The lowest BCUT2D eigenvalue weighted by molar-refractivity contribution is -0.138. The van der Waals surface area contributed by atoms with E-state index in [1.54, 1.807) is 0 Å². The van der Waals surface area contributed by atoms with Crippen LogP contribution in [0.25, 0.3) is 0 Å². The number of fused-ring (bicyclic) bond motifs is 1. The van der Waals surface area contributed by atoms with E-state index in [1.165, 1.54) is 11.1 Å². The molecule has 0 aliphatic carbocycles. The molecule has 1 aromatic carbocycles. The summed E-state index contributed by atoms with van der Waals surface area (Å²) in [5, 5.41) is 9.28. The summed E-state index contributed by atoms with van der Waals surface area (Å²) in [6, 6.07) is 5.95. The van der Waals surface area contributed by atoms with Crippen LogP contribution >= 0.6 is 0 Å². The van der Waals surface area contributed by atoms with Crippen LogP contribution in [0.2, 0.25) is 0 Å². The molecule has 0 radical (unpaired) electrons. The minimum absolute atomic E-state index is 0.393. The van der Waals surface area contributed by atoms with Gasteiger partial charge in [0.2, 0.25) is 0 Å². The summed E-state index contributed by atoms with van der Waals surface area (Å²) in [4.78, 5) is 13.3. The molecule has 17 heavy (non-hydrogen) atoms. The Morgan fingerprint density at radius 3 is 2.94 bits per heavy atom. The van der Waals surface area contributed by atoms with E-state index in [-0.39, 0.29) is 0 Å². The lowest BCUT2D eigenvalue weighted by atomic mass is 9.97. The SMILES string of the molecule is CCC(C(=O)O)N1CCCc2ccc(C)cc21. The molecule has 0 spiro atoms. The van der Waals surface area contributed by atoms with Gasteiger partial charge in [-0.2, -0.15) is 0 Å². The monoisotopic (exact) mass is 233 g/mol. The summed E-state index contributed by atoms with van der Waals surface area (Å²) in [5.41, 5.74) is 3.59. The van der Waals surface area contributed by atoms with Gasteiger partial charge in [0.1, 0.15) is 6.04 Å². The van der Waals surface area contributed by atoms with E-state index in [0.29, 0.717) is 6.42 Å². The van der Waals surface area contributed by atoms with E-state index in [4.69, 9.17) is 0 Å². The number of aryl methyl sites for hydroxylation is 2. The molecule has 3 nitrogen and oxygen atoms in total. The van der Waals surface area contributed by atoms with Crippen LogP contribution in [-0.2, 0) is 11.2 Å². The zero-order valence-electron chi connectivity index (χ0n) is 10.4. The Hall–Kier alpha value is -1.51. The lowest BCUT2D eigenvalue weighted by Crippen LogP contribution is -2.43. The van der Waals surface area contributed by atoms with Crippen LogP contribution in [0.4, 0.5) is 5.69 Å². The van der Waals surface area contributed by atoms with E-state index in [0.717, 1.165) is 25.1 Å². The molecule has 92 valence electrons. The van der Waals surface area contributed by atoms with Crippen LogP contribution in [0.1, 0.15) is 30.9 Å². The predicted octanol–water partition coefficient (Wildman–Crippen LogP) is 2.61. The van der Waals surface area contributed by atoms with Gasteiger partial charge in [0.05, 0.1) is 0 Å². The summed E-state index contributed by atoms with van der Waals surface area (Å²) < 4.78 is 0. The second-order valence-corrected chi connectivity index (χ2v) is 4.69. The number of carboxylic acids is 1. The quantitative estimate of drug-likeness (QED) is 0.872. The van der Waals surface area contributed by atoms with Crippen molar-refractivity contribution in [1.29, 1.82) is 0 Å². The Morgan fingerprint density at radius 1 is 1.53 bits per heavy atom. The number of rotatable bonds is 3. The lowest BCUT2D eigenvalue weighted by Gasteiger charge is -2.35. The van der Waals surface area contributed by atoms with Gasteiger partial charge in [-0.15, -0.1) is 0 Å². The van der Waals surface area contributed by atoms with Gasteiger partial charge in [0.25, 0.3) is 0 Å². The van der Waals surface area contributed by atoms with Gasteiger partial charge in [-0.25, -0.2) is 4.79 Å². The number of benzene rings is 1. The van der Waals surface area contributed by atoms with Crippen molar-refractivity contribution in [3.63, 3.8) is 0 Å². The maximum atomic E-state index is 11.3. The zero-order chi connectivity index (χ0) is 12.4. The standard InChI is InChI=1S/C14H19NO2/c1-3-12(14(16)17)15-8-4-5-11-7-6-10(2)9-13(11)15/h6-7,9,12H,3-5,8H2,1-2H3,(H,16,17). The number of hydrogen-bond donors (Lipinski definition) is 1. The maximum absolute atomic E-state index is 11.3. The first-order chi connectivity index (χ1) is 8.13. The second-order valence-electron chi connectivity index (χ2n) is 4.69. The molecule has 1 atom stereocenters. The second kappa shape index (κ2) is 4.78. The molecule has 0 fully saturated rings. The van der Waals surface area contributed by atoms with Crippen molar-refractivity contribution in [2.24, 2.45) is 0 Å². The molecular weight excluding hydrogens is 214 g/mol. The van der Waals surface area contributed by atoms with Gasteiger partial charge in [0.15, 0.2) is 0 Å². The summed E-state index contributed by atoms with van der Waals surface area (Å²) >= 11 is 0. The van der Waals surface area contributed by atoms with Crippen molar-refractivity contribution in [1.82, 2.24) is 0 Å². The molecule has 0 aromatic heterocycles. The third-order valence-electron chi connectivity index (χ3n) is 3.44. The van der Waals surface area contributed by atoms with Gasteiger partial charge in [-0.1, -0.05) is 19.1 Å². The van der Waals surface area contributed by atoms with Gasteiger partial charge >= 0.3 is 5.97 Å². The molecule has 2 rings (SSSR count). The van der Waals surface area contributed by atoms with Crippen LogP contribution < -0.4 is 4.90 Å². The van der Waals surface area contributed by atoms with Crippen LogP contribution in [0.15, 0.2) is 18.2 Å². The molecule has 1 aliphatic heterocycles. The first-order valence-electron chi connectivity index (χ1n) is 6.22. The summed E-state index contributed by atoms with van der Waals surface area (Å²) in [5.74, 6) is -0.721. The molecule has 1 unspecified atom stereocenters. The van der Waals surface area contributed by atoms with Crippen LogP contribution in [0, 0.1) is 6.92 Å². The van der Waals surface area contributed by atoms with Gasteiger partial charge in [-0.05, 0) is 43.4 Å². The summed E-state index contributed by atoms with van der Waals surface area (Å²) in [6.45, 7) is 4.83. The number of carboxylic acid groups (broad SMARTS) is 1. The van der Waals surface area contributed by atoms with E-state index in [9.17, 15) is 9.90 Å². The highest BCUT2D eigenvalue weighted by atomic mass is 16.4. The first-order valence-corrected chi connectivity index (χ1v) is 6.22. The van der Waals surface area contributed by atoms with Gasteiger partial charge in [-0.3, -0.25) is 0 Å². The number of anilines is 1. The van der Waals surface area contributed by atoms with Crippen molar-refractivity contribution in [2.75, 3.05) is 11.4 Å². The molecule has 1 heterocycles. The summed E-state index contributed by atoms with van der Waals surface area (Å²) in [6.07, 6.45) is 2.74. The summed E-state index contributed by atoms with van der Waals surface area (Å²) in [7, 11) is 0. The third-order valence-corrected chi connectivity index (χ3v) is 3.44. The van der Waals surface area contributed by atoms with Crippen molar-refractivity contribution in [2.45, 2.75) is 39.2 Å². The Balaban J connectivity index is 2.39. The molecule has 0 saturated heterocycles. The van der Waals surface area contributed by atoms with Gasteiger partial charge < -0.3 is 10.0 Å². The van der Waals surface area contributed by atoms with E-state index in [2.05, 4.69) is 25.1 Å². The number of aliphatic carboxylic acids is 1. The smallest absolute Gasteiger partial charge is 0.326 e. The fourth-order valence-electron chi connectivity index (χ4n) is 2.57. The van der Waals surface area contributed by atoms with Crippen LogP contribution in [0.3, 0.4) is 0 Å². The normalized spacial score (nSPS) is 16.5. The number of carbonyl (C=O) groups is 1. The topological polar surface area (TPSA) is 40.5 Å². The van der Waals surface area contributed by atoms with Crippen LogP contribution in [-0.4, -0.2) is 23.7 Å². The Labute approximate surface area is 102 Å². The van der Waals surface area contributed by atoms with E-state index in [1.807, 2.05) is 11.8 Å². The highest BCUT2D eigenvalue weighted by molar-refractivity contribution is 5.79. The average molecular weight is 233 g/mol. The Morgan fingerprint density at radius 2 is 2.29 bits per heavy atom. The first kappa shape index (κ1) is 12.0. The molecule has 1 aliphatic rings. The van der Waals surface area contributed by atoms with Crippen molar-refractivity contribution >= 4 is 11.7 Å². The zero-order valence-corrected chi connectivity index (χ0v) is 10.4. The fourth-order valence-corrected chi connectivity index (χ4v) is 2.57. The molecule has 0 saturated carbocycles. The van der Waals surface area contributed by atoms with Crippen molar-refractivity contribution < 1.29 is 9.90 Å². The van der Waals surface area contributed by atoms with Crippen LogP contribution in [0.5, 0.6) is 0 Å². The van der Waals surface area contributed by atoms with E-state index >= 15 is 0 Å². The molecular formula is C14H19NO2. The molecule has 1 N–H and O–H groups in total. The maximum Gasteiger partial charge on any atom is 0.326 e. The minimum Gasteiger partial charge on any atom is -0.480 e. The molecule has 3 heteroatoms. The fraction of sp³-hybridized carbons (Fsp3) is 0.500. The van der Waals surface area contributed by atoms with Crippen molar-refractivity contribution in [3.05, 3.63) is 29.3 Å². The molecule has 0 amide bonds. The molecule has 1 aromatic rings. The van der Waals surface area contributed by atoms with E-state index < -0.39 is 12.0 Å². The average Bonchev–Trinajstić information content (AvgIpc) is 2.30. The highest BCUT2D eigenvalue weighted by Crippen LogP contribution is 2.30. The highest BCUT2D eigenvalue weighted by Gasteiger charge is 2.27. The largest absolute Gasteiger partial charge is 0.480 e. The third kappa shape index (κ3) is 2.28. The number of hydrogen-bond acceptors (Lipinski definition) is 2. The Kier molecular flexibility index (Phi) is 3.36. The predicted molar refractivity (Wildman–Crippen MR) is 68.6 cm³/mol.